The molecule has 0 aromatic heterocycles. The Hall–Kier alpha value is -3.18. The van der Waals surface area contributed by atoms with Gasteiger partial charge in [-0.1, -0.05) is 66.7 Å². The Morgan fingerprint density at radius 3 is 2.38 bits per heavy atom. The van der Waals surface area contributed by atoms with E-state index < -0.39 is 0 Å². The maximum atomic E-state index is 13.5. The molecule has 2 saturated heterocycles. The number of piperidine rings is 1. The summed E-state index contributed by atoms with van der Waals surface area (Å²) in [7, 11) is 1.80. The molecule has 2 amide bonds. The lowest BCUT2D eigenvalue weighted by Crippen LogP contribution is -2.40. The summed E-state index contributed by atoms with van der Waals surface area (Å²) in [5.74, 6) is 0.725. The van der Waals surface area contributed by atoms with Crippen LogP contribution in [0.15, 0.2) is 72.8 Å². The highest BCUT2D eigenvalue weighted by atomic mass is 16.2. The van der Waals surface area contributed by atoms with Crippen LogP contribution in [0.5, 0.6) is 0 Å². The van der Waals surface area contributed by atoms with Gasteiger partial charge in [0.2, 0.25) is 11.8 Å². The van der Waals surface area contributed by atoms with E-state index >= 15 is 0 Å². The molecule has 2 fully saturated rings. The Labute approximate surface area is 221 Å². The van der Waals surface area contributed by atoms with Crippen LogP contribution in [0.2, 0.25) is 0 Å². The summed E-state index contributed by atoms with van der Waals surface area (Å²) in [6.45, 7) is 5.14. The molecule has 5 heteroatoms. The van der Waals surface area contributed by atoms with Gasteiger partial charge in [-0.2, -0.15) is 0 Å². The highest BCUT2D eigenvalue weighted by Gasteiger charge is 2.34. The normalized spacial score (nSPS) is 19.0. The second-order valence-corrected chi connectivity index (χ2v) is 10.9. The van der Waals surface area contributed by atoms with Gasteiger partial charge in [0, 0.05) is 33.1 Å². The highest BCUT2D eigenvalue weighted by molar-refractivity contribution is 5.89. The molecular formula is C32H39N3O2. The van der Waals surface area contributed by atoms with Crippen molar-refractivity contribution < 1.29 is 9.59 Å². The molecule has 0 radical (unpaired) electrons. The van der Waals surface area contributed by atoms with Gasteiger partial charge in [0.1, 0.15) is 0 Å². The first-order valence-electron chi connectivity index (χ1n) is 13.8. The predicted octanol–water partition coefficient (Wildman–Crippen LogP) is 4.99. The summed E-state index contributed by atoms with van der Waals surface area (Å²) in [5, 5.41) is 2.41. The van der Waals surface area contributed by atoms with Crippen molar-refractivity contribution in [1.29, 1.82) is 0 Å². The van der Waals surface area contributed by atoms with E-state index in [-0.39, 0.29) is 17.7 Å². The number of nitrogens with zero attached hydrogens (tertiary/aromatic N) is 3. The van der Waals surface area contributed by atoms with Crippen LogP contribution in [0, 0.1) is 11.8 Å². The smallest absolute Gasteiger partial charge is 0.228 e. The standard InChI is InChI=1S/C32H39N3O2/c1-33-24-30(22-31(33)36)32(37)35(23-27-12-13-28-10-5-6-11-29(28)21-27)17-7-16-34-18-14-26(15-19-34)20-25-8-3-2-4-9-25/h2-6,8-13,21,26,30H,7,14-20,22-24H2,1H3. The first kappa shape index (κ1) is 25.5. The van der Waals surface area contributed by atoms with Crippen molar-refractivity contribution in [3.8, 4) is 0 Å². The van der Waals surface area contributed by atoms with Crippen molar-refractivity contribution in [2.75, 3.05) is 39.8 Å². The molecule has 2 aliphatic rings. The fourth-order valence-corrected chi connectivity index (χ4v) is 5.96. The van der Waals surface area contributed by atoms with Crippen molar-refractivity contribution in [3.63, 3.8) is 0 Å². The number of fused-ring (bicyclic) bond motifs is 1. The zero-order valence-corrected chi connectivity index (χ0v) is 22.0. The molecule has 3 aromatic carbocycles. The summed E-state index contributed by atoms with van der Waals surface area (Å²) in [6, 6.07) is 25.6. The predicted molar refractivity (Wildman–Crippen MR) is 149 cm³/mol. The molecule has 0 bridgehead atoms. The molecule has 0 saturated carbocycles. The Morgan fingerprint density at radius 1 is 0.919 bits per heavy atom. The fraction of sp³-hybridized carbons (Fsp3) is 0.438. The molecule has 1 unspecified atom stereocenters. The van der Waals surface area contributed by atoms with E-state index in [0.29, 0.717) is 19.5 Å². The monoisotopic (exact) mass is 497 g/mol. The lowest BCUT2D eigenvalue weighted by Gasteiger charge is -2.33. The Balaban J connectivity index is 1.17. The van der Waals surface area contributed by atoms with Gasteiger partial charge in [0.25, 0.3) is 0 Å². The van der Waals surface area contributed by atoms with E-state index in [1.54, 1.807) is 11.9 Å². The maximum absolute atomic E-state index is 13.5. The van der Waals surface area contributed by atoms with Crippen LogP contribution in [-0.2, 0) is 22.6 Å². The number of benzene rings is 3. The van der Waals surface area contributed by atoms with E-state index in [1.165, 1.54) is 35.6 Å². The van der Waals surface area contributed by atoms with Crippen molar-refractivity contribution in [2.45, 2.75) is 38.6 Å². The molecule has 5 nitrogen and oxygen atoms in total. The molecule has 3 aromatic rings. The van der Waals surface area contributed by atoms with E-state index in [0.717, 1.165) is 44.1 Å². The Bertz CT molecular complexity index is 1200. The fourth-order valence-electron chi connectivity index (χ4n) is 5.96. The van der Waals surface area contributed by atoms with Crippen LogP contribution in [0.3, 0.4) is 0 Å². The van der Waals surface area contributed by atoms with Crippen LogP contribution < -0.4 is 0 Å². The van der Waals surface area contributed by atoms with Gasteiger partial charge < -0.3 is 14.7 Å². The van der Waals surface area contributed by atoms with Crippen LogP contribution in [0.1, 0.15) is 36.8 Å². The summed E-state index contributed by atoms with van der Waals surface area (Å²) in [6.07, 6.45) is 4.95. The molecule has 0 spiro atoms. The Kier molecular flexibility index (Phi) is 8.20. The maximum Gasteiger partial charge on any atom is 0.228 e. The Morgan fingerprint density at radius 2 is 1.65 bits per heavy atom. The third-order valence-corrected chi connectivity index (χ3v) is 8.17. The van der Waals surface area contributed by atoms with Crippen LogP contribution in [-0.4, -0.2) is 66.3 Å². The van der Waals surface area contributed by atoms with Gasteiger partial charge in [0.05, 0.1) is 5.92 Å². The average Bonchev–Trinajstić information content (AvgIpc) is 3.27. The quantitative estimate of drug-likeness (QED) is 0.418. The minimum atomic E-state index is -0.230. The van der Waals surface area contributed by atoms with E-state index in [9.17, 15) is 9.59 Å². The van der Waals surface area contributed by atoms with Gasteiger partial charge in [-0.05, 0) is 79.2 Å². The van der Waals surface area contributed by atoms with Gasteiger partial charge in [-0.3, -0.25) is 9.59 Å². The first-order valence-corrected chi connectivity index (χ1v) is 13.8. The number of carbonyl (C=O) groups is 2. The van der Waals surface area contributed by atoms with Crippen LogP contribution >= 0.6 is 0 Å². The average molecular weight is 498 g/mol. The van der Waals surface area contributed by atoms with Gasteiger partial charge in [-0.15, -0.1) is 0 Å². The largest absolute Gasteiger partial charge is 0.345 e. The van der Waals surface area contributed by atoms with Crippen LogP contribution in [0.4, 0.5) is 0 Å². The minimum Gasteiger partial charge on any atom is -0.345 e. The SMILES string of the molecule is CN1CC(C(=O)N(CCCN2CCC(Cc3ccccc3)CC2)Cc2ccc3ccccc3c2)CC1=O. The summed E-state index contributed by atoms with van der Waals surface area (Å²) in [4.78, 5) is 31.9. The zero-order valence-electron chi connectivity index (χ0n) is 22.0. The number of hydrogen-bond acceptors (Lipinski definition) is 3. The molecule has 0 N–H and O–H groups in total. The van der Waals surface area contributed by atoms with Crippen molar-refractivity contribution in [1.82, 2.24) is 14.7 Å². The molecule has 5 rings (SSSR count). The first-order chi connectivity index (χ1) is 18.0. The summed E-state index contributed by atoms with van der Waals surface area (Å²) < 4.78 is 0. The van der Waals surface area contributed by atoms with Crippen molar-refractivity contribution in [3.05, 3.63) is 83.9 Å². The lowest BCUT2D eigenvalue weighted by molar-refractivity contribution is -0.136. The van der Waals surface area contributed by atoms with Gasteiger partial charge in [-0.25, -0.2) is 0 Å². The summed E-state index contributed by atoms with van der Waals surface area (Å²) in [5.41, 5.74) is 2.59. The molecular weight excluding hydrogens is 458 g/mol. The zero-order chi connectivity index (χ0) is 25.6. The third-order valence-electron chi connectivity index (χ3n) is 8.17. The molecule has 194 valence electrons. The highest BCUT2D eigenvalue weighted by Crippen LogP contribution is 2.24. The minimum absolute atomic E-state index is 0.0716. The number of carbonyl (C=O) groups excluding carboxylic acids is 2. The molecule has 2 heterocycles. The lowest BCUT2D eigenvalue weighted by atomic mass is 9.90. The van der Waals surface area contributed by atoms with Crippen molar-refractivity contribution in [2.24, 2.45) is 11.8 Å². The number of likely N-dealkylation sites (tertiary alicyclic amines) is 2. The van der Waals surface area contributed by atoms with E-state index in [4.69, 9.17) is 0 Å². The third kappa shape index (κ3) is 6.58. The van der Waals surface area contributed by atoms with Crippen molar-refractivity contribution >= 4 is 22.6 Å². The van der Waals surface area contributed by atoms with Gasteiger partial charge >= 0.3 is 0 Å². The molecule has 37 heavy (non-hydrogen) atoms. The van der Waals surface area contributed by atoms with E-state index in [1.807, 2.05) is 4.90 Å². The molecule has 0 aliphatic carbocycles. The number of amides is 2. The second kappa shape index (κ2) is 11.9. The molecule has 2 aliphatic heterocycles. The van der Waals surface area contributed by atoms with Crippen LogP contribution in [0.25, 0.3) is 10.8 Å². The van der Waals surface area contributed by atoms with Gasteiger partial charge in [0.15, 0.2) is 0 Å². The second-order valence-electron chi connectivity index (χ2n) is 10.9. The number of hydrogen-bond donors (Lipinski definition) is 0. The van der Waals surface area contributed by atoms with E-state index in [2.05, 4.69) is 77.7 Å². The molecule has 1 atom stereocenters. The summed E-state index contributed by atoms with van der Waals surface area (Å²) >= 11 is 0. The topological polar surface area (TPSA) is 43.9 Å². The number of rotatable bonds is 9.